The normalized spacial score (nSPS) is 24.4. The van der Waals surface area contributed by atoms with Crippen molar-refractivity contribution in [3.05, 3.63) is 47.5 Å². The highest BCUT2D eigenvalue weighted by Crippen LogP contribution is 2.38. The Balaban J connectivity index is 2.45. The molecular formula is C12H10O3. The molecule has 2 N–H and O–H groups in total. The molecule has 2 unspecified atom stereocenters. The van der Waals surface area contributed by atoms with Crippen molar-refractivity contribution in [1.82, 2.24) is 0 Å². The minimum Gasteiger partial charge on any atom is -0.364 e. The molecule has 0 spiro atoms. The van der Waals surface area contributed by atoms with Crippen molar-refractivity contribution < 1.29 is 14.9 Å². The summed E-state index contributed by atoms with van der Waals surface area (Å²) in [6.45, 7) is 0. The van der Waals surface area contributed by atoms with Gasteiger partial charge in [0.15, 0.2) is 12.6 Å². The molecule has 0 saturated carbocycles. The maximum Gasteiger partial charge on any atom is 0.185 e. The zero-order valence-corrected chi connectivity index (χ0v) is 7.92. The van der Waals surface area contributed by atoms with Crippen LogP contribution in [0.1, 0.15) is 23.7 Å². The number of hydrogen-bond acceptors (Lipinski definition) is 3. The summed E-state index contributed by atoms with van der Waals surface area (Å²) in [5.41, 5.74) is 1.43. The molecule has 2 aromatic rings. The second kappa shape index (κ2) is 3.03. The van der Waals surface area contributed by atoms with Crippen LogP contribution in [0.3, 0.4) is 0 Å². The third kappa shape index (κ3) is 1.18. The molecule has 1 aliphatic heterocycles. The topological polar surface area (TPSA) is 49.7 Å². The van der Waals surface area contributed by atoms with Gasteiger partial charge in [0.25, 0.3) is 0 Å². The lowest BCUT2D eigenvalue weighted by Crippen LogP contribution is -2.16. The van der Waals surface area contributed by atoms with Crippen molar-refractivity contribution in [2.45, 2.75) is 12.6 Å². The van der Waals surface area contributed by atoms with E-state index in [0.29, 0.717) is 11.1 Å². The molecule has 0 aromatic heterocycles. The lowest BCUT2D eigenvalue weighted by Gasteiger charge is -2.26. The minimum atomic E-state index is -1.04. The molecule has 3 rings (SSSR count). The van der Waals surface area contributed by atoms with Gasteiger partial charge in [0, 0.05) is 11.1 Å². The summed E-state index contributed by atoms with van der Waals surface area (Å²) in [4.78, 5) is 0. The number of ether oxygens (including phenoxy) is 1. The fourth-order valence-electron chi connectivity index (χ4n) is 2.08. The van der Waals surface area contributed by atoms with Crippen molar-refractivity contribution in [3.63, 3.8) is 0 Å². The molecule has 0 saturated heterocycles. The minimum absolute atomic E-state index is 0.716. The molecule has 1 aliphatic rings. The zero-order valence-electron chi connectivity index (χ0n) is 7.92. The van der Waals surface area contributed by atoms with E-state index < -0.39 is 12.6 Å². The zero-order chi connectivity index (χ0) is 10.4. The van der Waals surface area contributed by atoms with Gasteiger partial charge < -0.3 is 14.9 Å². The van der Waals surface area contributed by atoms with Crippen LogP contribution in [0.4, 0.5) is 0 Å². The van der Waals surface area contributed by atoms with Crippen LogP contribution >= 0.6 is 0 Å². The molecule has 1 heterocycles. The fourth-order valence-corrected chi connectivity index (χ4v) is 2.08. The molecule has 2 atom stereocenters. The quantitative estimate of drug-likeness (QED) is 0.685. The monoisotopic (exact) mass is 202 g/mol. The van der Waals surface area contributed by atoms with Crippen molar-refractivity contribution in [2.24, 2.45) is 0 Å². The van der Waals surface area contributed by atoms with Gasteiger partial charge in [0.05, 0.1) is 0 Å². The van der Waals surface area contributed by atoms with E-state index >= 15 is 0 Å². The van der Waals surface area contributed by atoms with Crippen LogP contribution < -0.4 is 0 Å². The average molecular weight is 202 g/mol. The summed E-state index contributed by atoms with van der Waals surface area (Å²) in [7, 11) is 0. The average Bonchev–Trinajstić information content (AvgIpc) is 2.25. The third-order valence-electron chi connectivity index (χ3n) is 2.76. The fraction of sp³-hybridized carbons (Fsp3) is 0.167. The first kappa shape index (κ1) is 8.85. The van der Waals surface area contributed by atoms with Gasteiger partial charge >= 0.3 is 0 Å². The maximum absolute atomic E-state index is 9.66. The highest BCUT2D eigenvalue weighted by Gasteiger charge is 2.25. The first-order valence-corrected chi connectivity index (χ1v) is 4.80. The second-order valence-corrected chi connectivity index (χ2v) is 3.63. The SMILES string of the molecule is OC1OC(O)c2cccc3cccc1c23. The standard InChI is InChI=1S/C12H10O3/c13-11-8-5-1-3-7-4-2-6-9(10(7)8)12(14)15-11/h1-6,11-14H. The molecule has 76 valence electrons. The van der Waals surface area contributed by atoms with Crippen LogP contribution in [-0.4, -0.2) is 10.2 Å². The van der Waals surface area contributed by atoms with E-state index in [0.717, 1.165) is 10.8 Å². The molecule has 15 heavy (non-hydrogen) atoms. The van der Waals surface area contributed by atoms with Crippen molar-refractivity contribution in [2.75, 3.05) is 0 Å². The highest BCUT2D eigenvalue weighted by molar-refractivity contribution is 5.89. The number of aliphatic hydroxyl groups excluding tert-OH is 2. The van der Waals surface area contributed by atoms with E-state index in [2.05, 4.69) is 0 Å². The smallest absolute Gasteiger partial charge is 0.185 e. The van der Waals surface area contributed by atoms with Crippen LogP contribution in [0.25, 0.3) is 10.8 Å². The molecule has 0 fully saturated rings. The Bertz CT molecular complexity index is 479. The van der Waals surface area contributed by atoms with Crippen LogP contribution in [0.2, 0.25) is 0 Å². The van der Waals surface area contributed by atoms with E-state index in [9.17, 15) is 10.2 Å². The van der Waals surface area contributed by atoms with Gasteiger partial charge in [0.1, 0.15) is 0 Å². The Morgan fingerprint density at radius 3 is 1.93 bits per heavy atom. The van der Waals surface area contributed by atoms with E-state index in [-0.39, 0.29) is 0 Å². The summed E-state index contributed by atoms with van der Waals surface area (Å²) < 4.78 is 5.01. The second-order valence-electron chi connectivity index (χ2n) is 3.63. The number of rotatable bonds is 0. The van der Waals surface area contributed by atoms with Crippen molar-refractivity contribution >= 4 is 10.8 Å². The molecular weight excluding hydrogens is 192 g/mol. The van der Waals surface area contributed by atoms with Crippen LogP contribution in [0.5, 0.6) is 0 Å². The van der Waals surface area contributed by atoms with E-state index in [4.69, 9.17) is 4.74 Å². The molecule has 2 aromatic carbocycles. The molecule has 0 bridgehead atoms. The molecule has 3 nitrogen and oxygen atoms in total. The van der Waals surface area contributed by atoms with Gasteiger partial charge in [-0.25, -0.2) is 0 Å². The molecule has 3 heteroatoms. The maximum atomic E-state index is 9.66. The number of hydrogen-bond donors (Lipinski definition) is 2. The molecule has 0 amide bonds. The lowest BCUT2D eigenvalue weighted by molar-refractivity contribution is -0.218. The number of aliphatic hydroxyl groups is 2. The van der Waals surface area contributed by atoms with Crippen molar-refractivity contribution in [1.29, 1.82) is 0 Å². The Labute approximate surface area is 86.5 Å². The molecule has 0 aliphatic carbocycles. The van der Waals surface area contributed by atoms with Gasteiger partial charge in [-0.05, 0) is 10.8 Å². The summed E-state index contributed by atoms with van der Waals surface area (Å²) in [5, 5.41) is 21.2. The number of benzene rings is 2. The highest BCUT2D eigenvalue weighted by atomic mass is 16.7. The summed E-state index contributed by atoms with van der Waals surface area (Å²) in [6.07, 6.45) is -2.09. The van der Waals surface area contributed by atoms with Gasteiger partial charge in [0.2, 0.25) is 0 Å². The Morgan fingerprint density at radius 2 is 1.40 bits per heavy atom. The summed E-state index contributed by atoms with van der Waals surface area (Å²) in [6, 6.07) is 11.3. The van der Waals surface area contributed by atoms with E-state index in [1.165, 1.54) is 0 Å². The molecule has 0 radical (unpaired) electrons. The Kier molecular flexibility index (Phi) is 1.79. The van der Waals surface area contributed by atoms with Gasteiger partial charge in [-0.15, -0.1) is 0 Å². The lowest BCUT2D eigenvalue weighted by atomic mass is 9.96. The summed E-state index contributed by atoms with van der Waals surface area (Å²) >= 11 is 0. The van der Waals surface area contributed by atoms with Gasteiger partial charge in [-0.3, -0.25) is 0 Å². The third-order valence-corrected chi connectivity index (χ3v) is 2.76. The predicted octanol–water partition coefficient (Wildman–Crippen LogP) is 1.85. The van der Waals surface area contributed by atoms with Crippen LogP contribution in [-0.2, 0) is 4.74 Å². The first-order chi connectivity index (χ1) is 7.27. The van der Waals surface area contributed by atoms with E-state index in [1.54, 1.807) is 0 Å². The van der Waals surface area contributed by atoms with Crippen molar-refractivity contribution in [3.8, 4) is 0 Å². The predicted molar refractivity (Wildman–Crippen MR) is 55.0 cm³/mol. The largest absolute Gasteiger partial charge is 0.364 e. The summed E-state index contributed by atoms with van der Waals surface area (Å²) in [5.74, 6) is 0. The van der Waals surface area contributed by atoms with E-state index in [1.807, 2.05) is 36.4 Å². The Morgan fingerprint density at radius 1 is 0.867 bits per heavy atom. The van der Waals surface area contributed by atoms with Crippen LogP contribution in [0, 0.1) is 0 Å². The first-order valence-electron chi connectivity index (χ1n) is 4.80. The Hall–Kier alpha value is -1.42. The van der Waals surface area contributed by atoms with Gasteiger partial charge in [-0.2, -0.15) is 0 Å². The van der Waals surface area contributed by atoms with Crippen LogP contribution in [0.15, 0.2) is 36.4 Å². The van der Waals surface area contributed by atoms with Gasteiger partial charge in [-0.1, -0.05) is 36.4 Å².